The van der Waals surface area contributed by atoms with Gasteiger partial charge in [0, 0.05) is 30.4 Å². The number of carbonyl (C=O) groups is 1. The van der Waals surface area contributed by atoms with Crippen molar-refractivity contribution in [3.05, 3.63) is 58.5 Å². The molecular weight excluding hydrogens is 328 g/mol. The fourth-order valence-corrected chi connectivity index (χ4v) is 2.74. The zero-order valence-electron chi connectivity index (χ0n) is 15.2. The van der Waals surface area contributed by atoms with Crippen molar-refractivity contribution in [2.75, 3.05) is 6.54 Å². The number of amides is 1. The third-order valence-electron chi connectivity index (χ3n) is 4.11. The maximum absolute atomic E-state index is 12.8. The summed E-state index contributed by atoms with van der Waals surface area (Å²) in [6.07, 6.45) is 1.65. The summed E-state index contributed by atoms with van der Waals surface area (Å²) in [6, 6.07) is 10.6. The van der Waals surface area contributed by atoms with Gasteiger partial charge >= 0.3 is 0 Å². The Bertz CT molecular complexity index is 991. The van der Waals surface area contributed by atoms with Crippen LogP contribution in [-0.2, 0) is 6.54 Å². The van der Waals surface area contributed by atoms with E-state index in [1.165, 1.54) is 0 Å². The third-order valence-corrected chi connectivity index (χ3v) is 4.11. The highest BCUT2D eigenvalue weighted by Gasteiger charge is 2.13. The molecule has 3 aromatic rings. The SMILES string of the molecule is CCn1c(=O)c(-c2ccc(C(=O)NCC(C)C)cc2)nc2cccnc21. The lowest BCUT2D eigenvalue weighted by Crippen LogP contribution is -2.27. The van der Waals surface area contributed by atoms with Gasteiger partial charge in [-0.05, 0) is 37.1 Å². The Morgan fingerprint density at radius 2 is 1.92 bits per heavy atom. The molecule has 0 aliphatic heterocycles. The van der Waals surface area contributed by atoms with Crippen molar-refractivity contribution in [1.82, 2.24) is 19.9 Å². The molecule has 1 amide bonds. The molecule has 1 N–H and O–H groups in total. The Morgan fingerprint density at radius 1 is 1.19 bits per heavy atom. The van der Waals surface area contributed by atoms with Crippen molar-refractivity contribution < 1.29 is 4.79 Å². The molecule has 0 radical (unpaired) electrons. The molecule has 0 saturated carbocycles. The second-order valence-corrected chi connectivity index (χ2v) is 6.54. The summed E-state index contributed by atoms with van der Waals surface area (Å²) in [5.41, 5.74) is 2.67. The van der Waals surface area contributed by atoms with Crippen LogP contribution in [-0.4, -0.2) is 27.0 Å². The summed E-state index contributed by atoms with van der Waals surface area (Å²) in [5, 5.41) is 2.88. The molecule has 134 valence electrons. The number of hydrogen-bond acceptors (Lipinski definition) is 4. The Morgan fingerprint density at radius 3 is 2.58 bits per heavy atom. The van der Waals surface area contributed by atoms with E-state index in [1.54, 1.807) is 41.1 Å². The number of rotatable bonds is 5. The van der Waals surface area contributed by atoms with Crippen LogP contribution in [0.25, 0.3) is 22.4 Å². The van der Waals surface area contributed by atoms with Gasteiger partial charge < -0.3 is 5.32 Å². The fourth-order valence-electron chi connectivity index (χ4n) is 2.74. The number of carbonyl (C=O) groups excluding carboxylic acids is 1. The van der Waals surface area contributed by atoms with Crippen LogP contribution in [0.3, 0.4) is 0 Å². The molecule has 0 atom stereocenters. The van der Waals surface area contributed by atoms with E-state index in [0.29, 0.717) is 47.0 Å². The minimum Gasteiger partial charge on any atom is -0.352 e. The van der Waals surface area contributed by atoms with Gasteiger partial charge in [-0.1, -0.05) is 26.0 Å². The molecule has 0 bridgehead atoms. The lowest BCUT2D eigenvalue weighted by molar-refractivity contribution is 0.0949. The number of fused-ring (bicyclic) bond motifs is 1. The van der Waals surface area contributed by atoms with E-state index in [0.717, 1.165) is 0 Å². The van der Waals surface area contributed by atoms with Crippen molar-refractivity contribution in [2.24, 2.45) is 5.92 Å². The van der Waals surface area contributed by atoms with Crippen LogP contribution < -0.4 is 10.9 Å². The molecule has 0 aliphatic carbocycles. The van der Waals surface area contributed by atoms with Gasteiger partial charge in [-0.2, -0.15) is 0 Å². The van der Waals surface area contributed by atoms with Crippen LogP contribution in [0.1, 0.15) is 31.1 Å². The first-order valence-electron chi connectivity index (χ1n) is 8.75. The van der Waals surface area contributed by atoms with Crippen LogP contribution in [0.2, 0.25) is 0 Å². The maximum atomic E-state index is 12.8. The smallest absolute Gasteiger partial charge is 0.278 e. The second kappa shape index (κ2) is 7.47. The summed E-state index contributed by atoms with van der Waals surface area (Å²) in [7, 11) is 0. The Kier molecular flexibility index (Phi) is 5.11. The van der Waals surface area contributed by atoms with Crippen LogP contribution in [0.5, 0.6) is 0 Å². The number of pyridine rings is 1. The van der Waals surface area contributed by atoms with Gasteiger partial charge in [-0.3, -0.25) is 14.2 Å². The van der Waals surface area contributed by atoms with E-state index in [9.17, 15) is 9.59 Å². The molecule has 0 unspecified atom stereocenters. The first-order chi connectivity index (χ1) is 12.5. The minimum absolute atomic E-state index is 0.119. The minimum atomic E-state index is -0.185. The second-order valence-electron chi connectivity index (χ2n) is 6.54. The highest BCUT2D eigenvalue weighted by atomic mass is 16.1. The first kappa shape index (κ1) is 17.8. The molecule has 6 heteroatoms. The molecule has 1 aromatic carbocycles. The Labute approximate surface area is 151 Å². The molecule has 0 saturated heterocycles. The van der Waals surface area contributed by atoms with Gasteiger partial charge in [-0.15, -0.1) is 0 Å². The van der Waals surface area contributed by atoms with Gasteiger partial charge in [0.25, 0.3) is 11.5 Å². The molecule has 0 spiro atoms. The third kappa shape index (κ3) is 3.49. The van der Waals surface area contributed by atoms with E-state index in [4.69, 9.17) is 0 Å². The summed E-state index contributed by atoms with van der Waals surface area (Å²) in [4.78, 5) is 33.7. The van der Waals surface area contributed by atoms with E-state index in [-0.39, 0.29) is 11.5 Å². The topological polar surface area (TPSA) is 76.9 Å². The summed E-state index contributed by atoms with van der Waals surface area (Å²) in [5.74, 6) is 0.271. The lowest BCUT2D eigenvalue weighted by atomic mass is 10.1. The van der Waals surface area contributed by atoms with Crippen molar-refractivity contribution in [3.8, 4) is 11.3 Å². The summed E-state index contributed by atoms with van der Waals surface area (Å²) in [6.45, 7) is 7.13. The van der Waals surface area contributed by atoms with Crippen molar-refractivity contribution in [3.63, 3.8) is 0 Å². The van der Waals surface area contributed by atoms with Crippen molar-refractivity contribution in [1.29, 1.82) is 0 Å². The normalized spacial score (nSPS) is 11.1. The van der Waals surface area contributed by atoms with E-state index < -0.39 is 0 Å². The predicted octanol–water partition coefficient (Wildman–Crippen LogP) is 2.86. The summed E-state index contributed by atoms with van der Waals surface area (Å²) < 4.78 is 1.61. The van der Waals surface area contributed by atoms with Crippen LogP contribution in [0.4, 0.5) is 0 Å². The first-order valence-corrected chi connectivity index (χ1v) is 8.75. The van der Waals surface area contributed by atoms with E-state index in [1.807, 2.05) is 26.8 Å². The average molecular weight is 350 g/mol. The number of nitrogens with zero attached hydrogens (tertiary/aromatic N) is 3. The number of nitrogens with one attached hydrogen (secondary N) is 1. The highest BCUT2D eigenvalue weighted by Crippen LogP contribution is 2.17. The zero-order chi connectivity index (χ0) is 18.7. The number of benzene rings is 1. The quantitative estimate of drug-likeness (QED) is 0.767. The number of aryl methyl sites for hydroxylation is 1. The lowest BCUT2D eigenvalue weighted by Gasteiger charge is -2.10. The molecular formula is C20H22N4O2. The molecule has 26 heavy (non-hydrogen) atoms. The fraction of sp³-hybridized carbons (Fsp3) is 0.300. The van der Waals surface area contributed by atoms with Gasteiger partial charge in [-0.25, -0.2) is 9.97 Å². The van der Waals surface area contributed by atoms with Crippen LogP contribution in [0.15, 0.2) is 47.4 Å². The van der Waals surface area contributed by atoms with Gasteiger partial charge in [0.05, 0.1) is 0 Å². The molecule has 2 aromatic heterocycles. The molecule has 2 heterocycles. The maximum Gasteiger partial charge on any atom is 0.278 e. The average Bonchev–Trinajstić information content (AvgIpc) is 2.66. The van der Waals surface area contributed by atoms with Crippen molar-refractivity contribution in [2.45, 2.75) is 27.3 Å². The molecule has 0 aliphatic rings. The highest BCUT2D eigenvalue weighted by molar-refractivity contribution is 5.94. The van der Waals surface area contributed by atoms with E-state index >= 15 is 0 Å². The Hall–Kier alpha value is -3.02. The standard InChI is InChI=1S/C20H22N4O2/c1-4-24-18-16(6-5-11-21-18)23-17(20(24)26)14-7-9-15(10-8-14)19(25)22-12-13(2)3/h5-11,13H,4,12H2,1-3H3,(H,22,25). The molecule has 6 nitrogen and oxygen atoms in total. The van der Waals surface area contributed by atoms with E-state index in [2.05, 4.69) is 15.3 Å². The van der Waals surface area contributed by atoms with Gasteiger partial charge in [0.15, 0.2) is 5.65 Å². The number of hydrogen-bond donors (Lipinski definition) is 1. The largest absolute Gasteiger partial charge is 0.352 e. The van der Waals surface area contributed by atoms with Crippen LogP contribution >= 0.6 is 0 Å². The van der Waals surface area contributed by atoms with Crippen molar-refractivity contribution >= 4 is 17.1 Å². The molecule has 3 rings (SSSR count). The summed E-state index contributed by atoms with van der Waals surface area (Å²) >= 11 is 0. The molecule has 0 fully saturated rings. The van der Waals surface area contributed by atoms with Gasteiger partial charge in [0.1, 0.15) is 11.2 Å². The predicted molar refractivity (Wildman–Crippen MR) is 102 cm³/mol. The van der Waals surface area contributed by atoms with Gasteiger partial charge in [0.2, 0.25) is 0 Å². The zero-order valence-corrected chi connectivity index (χ0v) is 15.2. The van der Waals surface area contributed by atoms with Crippen LogP contribution in [0, 0.1) is 5.92 Å². The monoisotopic (exact) mass is 350 g/mol. The Balaban J connectivity index is 1.98. The number of aromatic nitrogens is 3.